The topological polar surface area (TPSA) is 107 Å². The summed E-state index contributed by atoms with van der Waals surface area (Å²) in [4.78, 5) is 42.5. The minimum Gasteiger partial charge on any atom is -0.347 e. The smallest absolute Gasteiger partial charge is 0.328 e. The van der Waals surface area contributed by atoms with Crippen LogP contribution < -0.4 is 11.2 Å². The number of carbonyl (C=O) groups excluding carboxylic acids is 1. The molecule has 0 radical (unpaired) electrons. The third-order valence-electron chi connectivity index (χ3n) is 5.17. The van der Waals surface area contributed by atoms with Crippen LogP contribution in [-0.2, 0) is 16.0 Å². The van der Waals surface area contributed by atoms with Crippen molar-refractivity contribution in [3.63, 3.8) is 0 Å². The highest BCUT2D eigenvalue weighted by Gasteiger charge is 2.41. The SMILES string of the molecule is CCCCn1c(=O)[nH]c2c(C(=O)N3CCC4(CC3)OCCO4)snc2c1=O. The molecule has 2 saturated heterocycles. The van der Waals surface area contributed by atoms with Gasteiger partial charge in [-0.2, -0.15) is 4.37 Å². The van der Waals surface area contributed by atoms with Crippen LogP contribution in [0.3, 0.4) is 0 Å². The lowest BCUT2D eigenvalue weighted by Crippen LogP contribution is -2.47. The number of rotatable bonds is 4. The fourth-order valence-electron chi connectivity index (χ4n) is 3.59. The number of likely N-dealkylation sites (tertiary alicyclic amines) is 1. The first-order valence-electron chi connectivity index (χ1n) is 9.24. The number of hydrogen-bond acceptors (Lipinski definition) is 7. The Hall–Kier alpha value is -2.04. The highest BCUT2D eigenvalue weighted by Crippen LogP contribution is 2.32. The molecule has 1 amide bonds. The maximum Gasteiger partial charge on any atom is 0.328 e. The number of nitrogens with zero attached hydrogens (tertiary/aromatic N) is 3. The number of piperidine rings is 1. The molecule has 9 nitrogen and oxygen atoms in total. The number of H-pyrrole nitrogens is 1. The van der Waals surface area contributed by atoms with Crippen molar-refractivity contribution in [3.8, 4) is 0 Å². The zero-order valence-corrected chi connectivity index (χ0v) is 16.0. The number of fused-ring (bicyclic) bond motifs is 1. The zero-order valence-electron chi connectivity index (χ0n) is 15.2. The number of amides is 1. The van der Waals surface area contributed by atoms with Crippen molar-refractivity contribution in [2.24, 2.45) is 0 Å². The molecule has 0 aliphatic carbocycles. The number of aromatic amines is 1. The lowest BCUT2D eigenvalue weighted by Gasteiger charge is -2.37. The number of ether oxygens (including phenoxy) is 2. The molecule has 0 unspecified atom stereocenters. The van der Waals surface area contributed by atoms with Crippen molar-refractivity contribution >= 4 is 28.5 Å². The molecule has 10 heteroatoms. The second-order valence-corrected chi connectivity index (χ2v) is 7.65. The van der Waals surface area contributed by atoms with E-state index in [9.17, 15) is 14.4 Å². The molecule has 4 rings (SSSR count). The van der Waals surface area contributed by atoms with Gasteiger partial charge in [-0.3, -0.25) is 14.2 Å². The standard InChI is InChI=1S/C17H22N4O5S/c1-2-3-6-21-14(22)12-11(18-16(21)24)13(27-19-12)15(23)20-7-4-17(5-8-20)25-9-10-26-17/h2-10H2,1H3,(H,18,24). The van der Waals surface area contributed by atoms with E-state index in [2.05, 4.69) is 9.36 Å². The lowest BCUT2D eigenvalue weighted by atomic mass is 10.0. The maximum atomic E-state index is 12.9. The zero-order chi connectivity index (χ0) is 19.0. The van der Waals surface area contributed by atoms with E-state index < -0.39 is 17.0 Å². The van der Waals surface area contributed by atoms with Crippen LogP contribution in [0.5, 0.6) is 0 Å². The Morgan fingerprint density at radius 2 is 1.96 bits per heavy atom. The monoisotopic (exact) mass is 394 g/mol. The summed E-state index contributed by atoms with van der Waals surface area (Å²) >= 11 is 0.957. The van der Waals surface area contributed by atoms with Gasteiger partial charge in [0.25, 0.3) is 11.5 Å². The van der Waals surface area contributed by atoms with Crippen LogP contribution in [0.4, 0.5) is 0 Å². The van der Waals surface area contributed by atoms with Gasteiger partial charge in [-0.05, 0) is 18.0 Å². The maximum absolute atomic E-state index is 12.9. The molecule has 1 spiro atoms. The summed E-state index contributed by atoms with van der Waals surface area (Å²) in [7, 11) is 0. The number of carbonyl (C=O) groups is 1. The summed E-state index contributed by atoms with van der Waals surface area (Å²) in [6.45, 7) is 4.49. The van der Waals surface area contributed by atoms with Gasteiger partial charge in [0.1, 0.15) is 4.88 Å². The predicted octanol–water partition coefficient (Wildman–Crippen LogP) is 0.925. The van der Waals surface area contributed by atoms with Gasteiger partial charge in [-0.25, -0.2) is 4.79 Å². The quantitative estimate of drug-likeness (QED) is 0.827. The van der Waals surface area contributed by atoms with Crippen LogP contribution in [0.15, 0.2) is 9.59 Å². The van der Waals surface area contributed by atoms with Crippen molar-refractivity contribution in [1.29, 1.82) is 0 Å². The second-order valence-electron chi connectivity index (χ2n) is 6.88. The molecule has 2 aromatic heterocycles. The molecule has 2 aromatic rings. The molecule has 0 saturated carbocycles. The molecular formula is C17H22N4O5S. The second kappa shape index (κ2) is 7.17. The first-order valence-corrected chi connectivity index (χ1v) is 10.0. The number of aromatic nitrogens is 3. The summed E-state index contributed by atoms with van der Waals surface area (Å²) < 4.78 is 16.7. The first-order chi connectivity index (χ1) is 13.0. The lowest BCUT2D eigenvalue weighted by molar-refractivity contribution is -0.181. The molecule has 27 heavy (non-hydrogen) atoms. The minimum atomic E-state index is -0.562. The molecule has 0 atom stereocenters. The van der Waals surface area contributed by atoms with Crippen LogP contribution in [0.1, 0.15) is 42.3 Å². The van der Waals surface area contributed by atoms with Crippen molar-refractivity contribution in [2.45, 2.75) is 44.9 Å². The normalized spacial score (nSPS) is 19.2. The predicted molar refractivity (Wildman–Crippen MR) is 99.2 cm³/mol. The van der Waals surface area contributed by atoms with Gasteiger partial charge in [-0.15, -0.1) is 0 Å². The van der Waals surface area contributed by atoms with Crippen molar-refractivity contribution < 1.29 is 14.3 Å². The van der Waals surface area contributed by atoms with E-state index in [0.717, 1.165) is 28.9 Å². The van der Waals surface area contributed by atoms with Gasteiger partial charge in [0.05, 0.1) is 18.7 Å². The van der Waals surface area contributed by atoms with Crippen molar-refractivity contribution in [2.75, 3.05) is 26.3 Å². The Kier molecular flexibility index (Phi) is 4.87. The van der Waals surface area contributed by atoms with Gasteiger partial charge >= 0.3 is 5.69 Å². The number of hydrogen-bond donors (Lipinski definition) is 1. The van der Waals surface area contributed by atoms with E-state index in [-0.39, 0.29) is 16.9 Å². The Bertz CT molecular complexity index is 962. The van der Waals surface area contributed by atoms with Gasteiger partial charge < -0.3 is 19.4 Å². The van der Waals surface area contributed by atoms with Gasteiger partial charge in [0, 0.05) is 32.5 Å². The van der Waals surface area contributed by atoms with Crippen LogP contribution in [0, 0.1) is 0 Å². The van der Waals surface area contributed by atoms with E-state index in [4.69, 9.17) is 9.47 Å². The van der Waals surface area contributed by atoms with Gasteiger partial charge in [-0.1, -0.05) is 13.3 Å². The van der Waals surface area contributed by atoms with Crippen molar-refractivity contribution in [3.05, 3.63) is 25.7 Å². The summed E-state index contributed by atoms with van der Waals surface area (Å²) in [6.07, 6.45) is 2.81. The molecule has 146 valence electrons. The van der Waals surface area contributed by atoms with E-state index in [1.807, 2.05) is 6.92 Å². The third kappa shape index (κ3) is 3.21. The van der Waals surface area contributed by atoms with E-state index in [1.165, 1.54) is 0 Å². The summed E-state index contributed by atoms with van der Waals surface area (Å²) in [5, 5.41) is 0. The average molecular weight is 394 g/mol. The Morgan fingerprint density at radius 3 is 2.63 bits per heavy atom. The van der Waals surface area contributed by atoms with Crippen LogP contribution in [0.2, 0.25) is 0 Å². The van der Waals surface area contributed by atoms with E-state index in [0.29, 0.717) is 50.6 Å². The molecule has 4 heterocycles. The summed E-state index contributed by atoms with van der Waals surface area (Å²) in [5.74, 6) is -0.787. The molecule has 1 N–H and O–H groups in total. The molecule has 2 aliphatic heterocycles. The van der Waals surface area contributed by atoms with Crippen molar-refractivity contribution in [1.82, 2.24) is 18.8 Å². The Morgan fingerprint density at radius 1 is 1.26 bits per heavy atom. The van der Waals surface area contributed by atoms with Crippen LogP contribution in [0.25, 0.3) is 11.0 Å². The van der Waals surface area contributed by atoms with E-state index >= 15 is 0 Å². The van der Waals surface area contributed by atoms with Crippen LogP contribution in [-0.4, -0.2) is 56.8 Å². The van der Waals surface area contributed by atoms with Gasteiger partial charge in [0.15, 0.2) is 11.3 Å². The first kappa shape index (κ1) is 18.3. The van der Waals surface area contributed by atoms with Gasteiger partial charge in [0.2, 0.25) is 0 Å². The van der Waals surface area contributed by atoms with E-state index in [1.54, 1.807) is 4.90 Å². The highest BCUT2D eigenvalue weighted by molar-refractivity contribution is 7.09. The van der Waals surface area contributed by atoms with Crippen LogP contribution >= 0.6 is 11.5 Å². The Labute approximate surface area is 159 Å². The minimum absolute atomic E-state index is 0.148. The molecule has 2 aliphatic rings. The molecular weight excluding hydrogens is 372 g/mol. The largest absolute Gasteiger partial charge is 0.347 e. The fraction of sp³-hybridized carbons (Fsp3) is 0.647. The summed E-state index contributed by atoms with van der Waals surface area (Å²) in [5.41, 5.74) is -0.556. The Balaban J connectivity index is 1.60. The average Bonchev–Trinajstić information content (AvgIpc) is 3.29. The third-order valence-corrected chi connectivity index (χ3v) is 6.01. The fourth-order valence-corrected chi connectivity index (χ4v) is 4.39. The summed E-state index contributed by atoms with van der Waals surface area (Å²) in [6, 6.07) is 0. The highest BCUT2D eigenvalue weighted by atomic mass is 32.1. The molecule has 0 aromatic carbocycles. The number of nitrogens with one attached hydrogen (secondary N) is 1. The molecule has 2 fully saturated rings. The molecule has 0 bridgehead atoms. The number of unbranched alkanes of at least 4 members (excludes halogenated alkanes) is 1.